The van der Waals surface area contributed by atoms with Crippen LogP contribution in [0.3, 0.4) is 0 Å². The Hall–Kier alpha value is -1.47. The highest BCUT2D eigenvalue weighted by atomic mass is 35.5. The van der Waals surface area contributed by atoms with Crippen LogP contribution < -0.4 is 0 Å². The fourth-order valence-electron chi connectivity index (χ4n) is 6.16. The Morgan fingerprint density at radius 1 is 1.00 bits per heavy atom. The molecule has 1 aromatic carbocycles. The minimum absolute atomic E-state index is 0.145. The number of hydrogen-bond donors (Lipinski definition) is 1. The largest absolute Gasteiger partial charge is 0.395 e. The number of β-amino-alcohol motifs (C(OH)–C–C–N with tert-alkyl or cyclic N) is 1. The van der Waals surface area contributed by atoms with Crippen molar-refractivity contribution in [3.8, 4) is 0 Å². The molecule has 6 nitrogen and oxygen atoms in total. The van der Waals surface area contributed by atoms with Gasteiger partial charge in [-0.25, -0.2) is 9.97 Å². The Balaban J connectivity index is 1.62. The highest BCUT2D eigenvalue weighted by Gasteiger charge is 2.73. The molecule has 5 rings (SSSR count). The van der Waals surface area contributed by atoms with E-state index >= 15 is 0 Å². The van der Waals surface area contributed by atoms with Crippen LogP contribution in [-0.2, 0) is 15.6 Å². The van der Waals surface area contributed by atoms with Gasteiger partial charge >= 0.3 is 0 Å². The Labute approximate surface area is 192 Å². The van der Waals surface area contributed by atoms with Gasteiger partial charge in [-0.3, -0.25) is 9.69 Å². The Kier molecular flexibility index (Phi) is 4.84. The third-order valence-electron chi connectivity index (χ3n) is 8.52. The van der Waals surface area contributed by atoms with Gasteiger partial charge in [-0.2, -0.15) is 0 Å². The highest BCUT2D eigenvalue weighted by molar-refractivity contribution is 6.42. The Bertz CT molecular complexity index is 1080. The molecule has 2 heterocycles. The van der Waals surface area contributed by atoms with Gasteiger partial charge in [-0.05, 0) is 30.4 Å². The highest BCUT2D eigenvalue weighted by Crippen LogP contribution is 2.70. The summed E-state index contributed by atoms with van der Waals surface area (Å²) in [6, 6.07) is 3.52. The first-order chi connectivity index (χ1) is 14.7. The van der Waals surface area contributed by atoms with Crippen molar-refractivity contribution in [3.63, 3.8) is 0 Å². The fraction of sp³-hybridized carbons (Fsp3) is 0.609. The van der Waals surface area contributed by atoms with Crippen molar-refractivity contribution in [2.75, 3.05) is 39.3 Å². The number of nitrogens with zero attached hydrogens (tertiary/aromatic N) is 4. The standard InChI is InChI=1S/C23H28Cl2N4O2/c1-21(2)22(3)4-5-23(21,20(31)29-8-6-28(7-9-29)10-11-30)19-18(22)26-16-12-14(24)15(25)13-17(16)27-19/h12-13,30H,4-11H2,1-3H3. The number of carbonyl (C=O) groups is 1. The number of halogens is 2. The molecule has 3 aliphatic rings. The van der Waals surface area contributed by atoms with Crippen molar-refractivity contribution >= 4 is 40.1 Å². The molecule has 1 saturated carbocycles. The van der Waals surface area contributed by atoms with Crippen LogP contribution in [-0.4, -0.2) is 70.1 Å². The number of aliphatic hydroxyl groups excluding tert-OH is 1. The van der Waals surface area contributed by atoms with Crippen LogP contribution in [0, 0.1) is 5.41 Å². The summed E-state index contributed by atoms with van der Waals surface area (Å²) in [6.45, 7) is 10.3. The molecule has 2 aliphatic carbocycles. The number of hydrogen-bond acceptors (Lipinski definition) is 5. The summed E-state index contributed by atoms with van der Waals surface area (Å²) in [6.07, 6.45) is 1.69. The van der Waals surface area contributed by atoms with Gasteiger partial charge in [0, 0.05) is 38.1 Å². The summed E-state index contributed by atoms with van der Waals surface area (Å²) in [5.74, 6) is 0.164. The second-order valence-electron chi connectivity index (χ2n) is 9.90. The molecular weight excluding hydrogens is 435 g/mol. The Morgan fingerprint density at radius 3 is 2.16 bits per heavy atom. The smallest absolute Gasteiger partial charge is 0.235 e. The molecule has 1 aliphatic heterocycles. The third kappa shape index (κ3) is 2.68. The van der Waals surface area contributed by atoms with Gasteiger partial charge in [0.25, 0.3) is 0 Å². The summed E-state index contributed by atoms with van der Waals surface area (Å²) in [5.41, 5.74) is 1.92. The van der Waals surface area contributed by atoms with E-state index in [9.17, 15) is 9.90 Å². The van der Waals surface area contributed by atoms with Gasteiger partial charge < -0.3 is 10.0 Å². The maximum Gasteiger partial charge on any atom is 0.235 e. The van der Waals surface area contributed by atoms with Crippen molar-refractivity contribution in [2.24, 2.45) is 5.41 Å². The van der Waals surface area contributed by atoms with Crippen LogP contribution in [0.5, 0.6) is 0 Å². The molecular formula is C23H28Cl2N4O2. The zero-order valence-corrected chi connectivity index (χ0v) is 19.7. The summed E-state index contributed by atoms with van der Waals surface area (Å²) in [4.78, 5) is 28.4. The molecule has 0 radical (unpaired) electrons. The van der Waals surface area contributed by atoms with Crippen LogP contribution in [0.4, 0.5) is 0 Å². The average Bonchev–Trinajstić information content (AvgIpc) is 3.03. The second kappa shape index (κ2) is 7.01. The van der Waals surface area contributed by atoms with Gasteiger partial charge in [0.15, 0.2) is 0 Å². The molecule has 2 unspecified atom stereocenters. The van der Waals surface area contributed by atoms with E-state index in [0.717, 1.165) is 42.8 Å². The first-order valence-electron chi connectivity index (χ1n) is 11.0. The molecule has 8 heteroatoms. The third-order valence-corrected chi connectivity index (χ3v) is 9.24. The SMILES string of the molecule is CC12CCC(C(=O)N3CCN(CCO)CC3)(c3nc4cc(Cl)c(Cl)cc4nc31)C2(C)C. The van der Waals surface area contributed by atoms with E-state index in [1.807, 2.05) is 4.90 Å². The summed E-state index contributed by atoms with van der Waals surface area (Å²) < 4.78 is 0. The van der Waals surface area contributed by atoms with Gasteiger partial charge in [0.05, 0.1) is 44.5 Å². The van der Waals surface area contributed by atoms with Gasteiger partial charge in [0.1, 0.15) is 0 Å². The van der Waals surface area contributed by atoms with E-state index in [1.165, 1.54) is 0 Å². The van der Waals surface area contributed by atoms with Crippen molar-refractivity contribution in [1.29, 1.82) is 0 Å². The van der Waals surface area contributed by atoms with Crippen molar-refractivity contribution < 1.29 is 9.90 Å². The van der Waals surface area contributed by atoms with E-state index in [2.05, 4.69) is 25.7 Å². The molecule has 1 aromatic heterocycles. The van der Waals surface area contributed by atoms with E-state index in [-0.39, 0.29) is 23.3 Å². The molecule has 1 saturated heterocycles. The lowest BCUT2D eigenvalue weighted by Gasteiger charge is -2.44. The predicted octanol–water partition coefficient (Wildman–Crippen LogP) is 3.40. The van der Waals surface area contributed by atoms with Gasteiger partial charge in [-0.1, -0.05) is 44.0 Å². The lowest BCUT2D eigenvalue weighted by atomic mass is 9.63. The lowest BCUT2D eigenvalue weighted by Crippen LogP contribution is -2.57. The zero-order chi connectivity index (χ0) is 22.2. The number of fused-ring (bicyclic) bond motifs is 6. The summed E-state index contributed by atoms with van der Waals surface area (Å²) in [7, 11) is 0. The molecule has 0 spiro atoms. The monoisotopic (exact) mass is 462 g/mol. The van der Waals surface area contributed by atoms with E-state index < -0.39 is 5.41 Å². The lowest BCUT2D eigenvalue weighted by molar-refractivity contribution is -0.143. The van der Waals surface area contributed by atoms with Crippen molar-refractivity contribution in [3.05, 3.63) is 33.6 Å². The molecule has 2 aromatic rings. The van der Waals surface area contributed by atoms with Crippen LogP contribution in [0.25, 0.3) is 11.0 Å². The number of piperazine rings is 1. The number of carbonyl (C=O) groups excluding carboxylic acids is 1. The van der Waals surface area contributed by atoms with Crippen LogP contribution in [0.1, 0.15) is 45.0 Å². The normalized spacial score (nSPS) is 29.5. The maximum absolute atomic E-state index is 14.2. The maximum atomic E-state index is 14.2. The van der Waals surface area contributed by atoms with Crippen LogP contribution >= 0.6 is 23.2 Å². The second-order valence-corrected chi connectivity index (χ2v) is 10.7. The fourth-order valence-corrected chi connectivity index (χ4v) is 6.47. The quantitative estimate of drug-likeness (QED) is 0.756. The predicted molar refractivity (Wildman–Crippen MR) is 122 cm³/mol. The van der Waals surface area contributed by atoms with E-state index in [1.54, 1.807) is 12.1 Å². The molecule has 2 fully saturated rings. The Morgan fingerprint density at radius 2 is 1.58 bits per heavy atom. The number of aromatic nitrogens is 2. The minimum atomic E-state index is -0.691. The summed E-state index contributed by atoms with van der Waals surface area (Å²) in [5, 5.41) is 10.1. The van der Waals surface area contributed by atoms with Crippen LogP contribution in [0.15, 0.2) is 12.1 Å². The number of benzene rings is 1. The number of amides is 1. The van der Waals surface area contributed by atoms with Crippen molar-refractivity contribution in [2.45, 2.75) is 44.4 Å². The molecule has 1 N–H and O–H groups in total. The molecule has 1 amide bonds. The first-order valence-corrected chi connectivity index (χ1v) is 11.7. The van der Waals surface area contributed by atoms with Gasteiger partial charge in [0.2, 0.25) is 5.91 Å². The van der Waals surface area contributed by atoms with Gasteiger partial charge in [-0.15, -0.1) is 0 Å². The van der Waals surface area contributed by atoms with Crippen LogP contribution in [0.2, 0.25) is 10.0 Å². The minimum Gasteiger partial charge on any atom is -0.395 e. The number of rotatable bonds is 3. The average molecular weight is 463 g/mol. The summed E-state index contributed by atoms with van der Waals surface area (Å²) >= 11 is 12.5. The molecule has 166 valence electrons. The molecule has 2 bridgehead atoms. The number of aliphatic hydroxyl groups is 1. The first kappa shape index (κ1) is 21.4. The zero-order valence-electron chi connectivity index (χ0n) is 18.2. The molecule has 31 heavy (non-hydrogen) atoms. The molecule has 2 atom stereocenters. The topological polar surface area (TPSA) is 69.6 Å². The van der Waals surface area contributed by atoms with Crippen molar-refractivity contribution in [1.82, 2.24) is 19.8 Å². The van der Waals surface area contributed by atoms with E-state index in [4.69, 9.17) is 33.2 Å². The van der Waals surface area contributed by atoms with E-state index in [0.29, 0.717) is 35.2 Å².